The fraction of sp³-hybridized carbons (Fsp3) is 0.620. The average molecular weight is 1370 g/mol. The van der Waals surface area contributed by atoms with E-state index in [9.17, 15) is 38.7 Å². The first kappa shape index (κ1) is 78.5. The van der Waals surface area contributed by atoms with Crippen molar-refractivity contribution in [2.45, 2.75) is 176 Å². The van der Waals surface area contributed by atoms with Gasteiger partial charge in [0, 0.05) is 93.9 Å². The van der Waals surface area contributed by atoms with Crippen molar-refractivity contribution in [3.05, 3.63) is 87.0 Å². The monoisotopic (exact) mass is 1370 g/mol. The Kier molecular flexibility index (Phi) is 34.3. The molecule has 0 radical (unpaired) electrons. The summed E-state index contributed by atoms with van der Waals surface area (Å²) in [6.07, 6.45) is 8.20. The van der Waals surface area contributed by atoms with E-state index in [0.29, 0.717) is 81.7 Å². The third-order valence-electron chi connectivity index (χ3n) is 17.4. The van der Waals surface area contributed by atoms with Crippen LogP contribution in [0.4, 0.5) is 16.4 Å². The lowest BCUT2D eigenvalue weighted by Gasteiger charge is -2.40. The number of ether oxygens (including phenoxy) is 6. The van der Waals surface area contributed by atoms with Gasteiger partial charge in [-0.3, -0.25) is 38.7 Å². The number of benzene rings is 2. The number of nitrogens with zero attached hydrogens (tertiary/aromatic N) is 6. The lowest BCUT2D eigenvalue weighted by molar-refractivity contribution is -0.145. The lowest BCUT2D eigenvalue weighted by Crippen LogP contribution is -2.50. The molecule has 2 aromatic carbocycles. The summed E-state index contributed by atoms with van der Waals surface area (Å²) >= 11 is 1.32. The molecule has 0 bridgehead atoms. The molecular weight excluding hydrogens is 1260 g/mol. The van der Waals surface area contributed by atoms with Gasteiger partial charge in [-0.1, -0.05) is 97.7 Å². The van der Waals surface area contributed by atoms with Crippen molar-refractivity contribution in [3.8, 4) is 11.6 Å². The molecular formula is C71H105N11O14S. The van der Waals surface area contributed by atoms with E-state index in [0.717, 1.165) is 67.5 Å². The van der Waals surface area contributed by atoms with Crippen molar-refractivity contribution >= 4 is 70.5 Å². The number of Topliss-reactive ketones (excluding diaryl/α,β-unsaturated/α-hetero) is 2. The molecule has 534 valence electrons. The zero-order valence-electron chi connectivity index (χ0n) is 58.1. The zero-order valence-corrected chi connectivity index (χ0v) is 58.9. The van der Waals surface area contributed by atoms with Gasteiger partial charge in [0.05, 0.1) is 57.9 Å². The predicted molar refractivity (Wildman–Crippen MR) is 371 cm³/mol. The number of amides is 5. The maximum atomic E-state index is 14.9. The first-order valence-corrected chi connectivity index (χ1v) is 35.4. The van der Waals surface area contributed by atoms with Crippen molar-refractivity contribution < 1.29 is 67.1 Å². The summed E-state index contributed by atoms with van der Waals surface area (Å²) in [6.45, 7) is 18.1. The zero-order chi connectivity index (χ0) is 70.1. The Balaban J connectivity index is 0.841. The number of aromatic nitrogens is 3. The van der Waals surface area contributed by atoms with E-state index < -0.39 is 36.0 Å². The number of carbonyl (C=O) groups is 7. The highest BCUT2D eigenvalue weighted by Crippen LogP contribution is 2.35. The van der Waals surface area contributed by atoms with Crippen molar-refractivity contribution in [2.75, 3.05) is 91.8 Å². The second-order valence-corrected chi connectivity index (χ2v) is 26.3. The molecule has 0 aliphatic carbocycles. The summed E-state index contributed by atoms with van der Waals surface area (Å²) in [5.41, 5.74) is 9.98. The van der Waals surface area contributed by atoms with E-state index in [2.05, 4.69) is 75.7 Å². The number of piperidine rings is 1. The molecule has 1 fully saturated rings. The Bertz CT molecular complexity index is 3130. The minimum atomic E-state index is -0.787. The minimum Gasteiger partial charge on any atom is -0.508 e. The van der Waals surface area contributed by atoms with Crippen molar-refractivity contribution in [2.24, 2.45) is 28.7 Å². The van der Waals surface area contributed by atoms with Gasteiger partial charge in [0.25, 0.3) is 5.91 Å². The number of nitrogens with one attached hydrogen (secondary N) is 4. The highest BCUT2D eigenvalue weighted by Gasteiger charge is 2.39. The van der Waals surface area contributed by atoms with Crippen LogP contribution in [0.3, 0.4) is 0 Å². The number of rotatable bonds is 46. The maximum absolute atomic E-state index is 14.9. The van der Waals surface area contributed by atoms with Gasteiger partial charge in [0.15, 0.2) is 11.6 Å². The van der Waals surface area contributed by atoms with Gasteiger partial charge in [0.1, 0.15) is 41.5 Å². The van der Waals surface area contributed by atoms with Crippen LogP contribution in [-0.2, 0) is 73.7 Å². The maximum Gasteiger partial charge on any atom is 0.407 e. The fourth-order valence-electron chi connectivity index (χ4n) is 11.7. The van der Waals surface area contributed by atoms with Crippen LogP contribution in [0, 0.1) is 23.7 Å². The van der Waals surface area contributed by atoms with Crippen LogP contribution in [0.15, 0.2) is 58.9 Å². The number of phenols is 1. The van der Waals surface area contributed by atoms with E-state index in [-0.39, 0.29) is 142 Å². The summed E-state index contributed by atoms with van der Waals surface area (Å²) in [5, 5.41) is 23.6. The number of thiazole rings is 1. The Morgan fingerprint density at radius 3 is 2.14 bits per heavy atom. The molecule has 0 unspecified atom stereocenters. The molecule has 25 nitrogen and oxygen atoms in total. The minimum absolute atomic E-state index is 0.000312. The molecule has 4 aromatic rings. The molecule has 0 spiro atoms. The molecule has 26 heteroatoms. The van der Waals surface area contributed by atoms with Gasteiger partial charge in [-0.15, -0.1) is 11.3 Å². The molecule has 7 N–H and O–H groups in total. The number of likely N-dealkylation sites (N-methyl/N-ethyl adjacent to an activating group) is 1. The van der Waals surface area contributed by atoms with Gasteiger partial charge < -0.3 is 65.4 Å². The molecule has 97 heavy (non-hydrogen) atoms. The SMILES string of the molecule is CCCO[C@H](C[C@H](C(C)C)N(CCC)C(=O)[C@@H](CC(=O)[C@H]1CCCCN1C)[C@@H](C)CC)c1nc(C(=O)N[C@@H](Cc2ccc(O)cc2)C[C@H](C)C(=O)CNC(=O)OCCOCCOCCOCCNC(=O)CCCC(=O)NCc2ccc(COc3nc(N)nc4c3N=CC4)cc2)cs1. The number of aromatic hydroxyl groups is 1. The molecule has 2 aliphatic heterocycles. The standard InChI is InChI=1S/C71H105N11O14S/c1-9-29-82(69(89)55(48(6)11-3)41-60(84)58-15-12-13-30-81(58)8)59(47(4)5)42-62(94-31-10-2)68-78-57(46-97-68)66(88)77-53(40-50-22-24-54(83)25-23-50)39-49(7)61(85)44-76-71(90)95-38-37-93-36-35-92-34-33-91-32-28-73-63(86)16-14-17-64(87)75-43-51-18-20-52(21-19-51)45-96-67-65-56(26-27-74-65)79-70(72)80-67/h18-25,27,46-49,53,55,58-59,62,83H,9-17,26,28-45H2,1-8H3,(H,73,86)(H,75,87)(H,76,90)(H,77,88)(H2,72,79,80)/t48-,49-,53+,55-,58+,59+,62+/m0/s1. The summed E-state index contributed by atoms with van der Waals surface area (Å²) < 4.78 is 34.2. The Labute approximate surface area is 575 Å². The number of phenolic OH excluding ortho intramolecular Hbond substituents is 1. The first-order valence-electron chi connectivity index (χ1n) is 34.6. The number of aliphatic imine (C=N–C) groups is 1. The summed E-state index contributed by atoms with van der Waals surface area (Å²) in [5.74, 6) is -1.32. The van der Waals surface area contributed by atoms with Crippen LogP contribution in [0.5, 0.6) is 11.6 Å². The third-order valence-corrected chi connectivity index (χ3v) is 18.3. The molecule has 2 aromatic heterocycles. The smallest absolute Gasteiger partial charge is 0.407 e. The van der Waals surface area contributed by atoms with E-state index in [1.54, 1.807) is 42.8 Å². The third kappa shape index (κ3) is 27.0. The number of nitrogen functional groups attached to an aromatic ring is 1. The van der Waals surface area contributed by atoms with Crippen LogP contribution in [0.1, 0.15) is 170 Å². The molecule has 0 saturated carbocycles. The quantitative estimate of drug-likeness (QED) is 0.0225. The van der Waals surface area contributed by atoms with Crippen LogP contribution < -0.4 is 31.7 Å². The number of ketones is 2. The molecule has 7 atom stereocenters. The molecule has 5 amide bonds. The molecule has 4 heterocycles. The number of nitrogens with two attached hydrogens (primary N) is 1. The van der Waals surface area contributed by atoms with E-state index in [1.165, 1.54) is 11.3 Å². The average Bonchev–Trinajstić information content (AvgIpc) is 1.82. The normalized spacial score (nSPS) is 15.5. The second-order valence-electron chi connectivity index (χ2n) is 25.4. The molecule has 1 saturated heterocycles. The van der Waals surface area contributed by atoms with E-state index >= 15 is 0 Å². The number of carbonyl (C=O) groups excluding carboxylic acids is 7. The fourth-order valence-corrected chi connectivity index (χ4v) is 12.5. The largest absolute Gasteiger partial charge is 0.508 e. The number of hydrogen-bond donors (Lipinski definition) is 6. The Morgan fingerprint density at radius 1 is 0.784 bits per heavy atom. The van der Waals surface area contributed by atoms with Crippen LogP contribution in [0.2, 0.25) is 0 Å². The number of likely N-dealkylation sites (tertiary alicyclic amines) is 1. The Morgan fingerprint density at radius 2 is 1.46 bits per heavy atom. The van der Waals surface area contributed by atoms with Crippen LogP contribution in [-0.4, -0.2) is 182 Å². The second kappa shape index (κ2) is 42.4. The van der Waals surface area contributed by atoms with Gasteiger partial charge in [-0.05, 0) is 99.2 Å². The van der Waals surface area contributed by atoms with Gasteiger partial charge in [-0.2, -0.15) is 4.98 Å². The van der Waals surface area contributed by atoms with Crippen molar-refractivity contribution in [3.63, 3.8) is 0 Å². The molecule has 2 aliphatic rings. The van der Waals surface area contributed by atoms with Gasteiger partial charge in [-0.25, -0.2) is 14.8 Å². The van der Waals surface area contributed by atoms with Crippen LogP contribution >= 0.6 is 11.3 Å². The number of anilines is 1. The topological polar surface area (TPSA) is 327 Å². The summed E-state index contributed by atoms with van der Waals surface area (Å²) in [7, 11) is 2.01. The van der Waals surface area contributed by atoms with E-state index in [4.69, 9.17) is 39.1 Å². The summed E-state index contributed by atoms with van der Waals surface area (Å²) in [4.78, 5) is 115. The highest BCUT2D eigenvalue weighted by atomic mass is 32.1. The number of alkyl carbamates (subject to hydrolysis) is 1. The summed E-state index contributed by atoms with van der Waals surface area (Å²) in [6, 6.07) is 13.3. The predicted octanol–water partition coefficient (Wildman–Crippen LogP) is 8.60. The van der Waals surface area contributed by atoms with Crippen LogP contribution in [0.25, 0.3) is 0 Å². The van der Waals surface area contributed by atoms with Crippen molar-refractivity contribution in [1.82, 2.24) is 46.0 Å². The molecule has 6 rings (SSSR count). The Hall–Kier alpha value is -7.49. The highest BCUT2D eigenvalue weighted by molar-refractivity contribution is 7.09. The van der Waals surface area contributed by atoms with Gasteiger partial charge in [0.2, 0.25) is 29.5 Å². The van der Waals surface area contributed by atoms with Gasteiger partial charge >= 0.3 is 6.09 Å². The number of hydrogen-bond acceptors (Lipinski definition) is 21. The lowest BCUT2D eigenvalue weighted by atomic mass is 9.82. The number of fused-ring (bicyclic) bond motifs is 1. The van der Waals surface area contributed by atoms with Crippen molar-refractivity contribution in [1.29, 1.82) is 0 Å². The van der Waals surface area contributed by atoms with E-state index in [1.807, 2.05) is 43.1 Å². The first-order chi connectivity index (χ1) is 46.8.